The minimum Gasteiger partial charge on any atom is -0.473 e. The molecule has 2 aromatic rings. The predicted octanol–water partition coefficient (Wildman–Crippen LogP) is 3.39. The Kier molecular flexibility index (Phi) is 6.12. The van der Waals surface area contributed by atoms with Crippen molar-refractivity contribution in [2.75, 3.05) is 23.4 Å². The maximum absolute atomic E-state index is 12.4. The fraction of sp³-hybridized carbons (Fsp3) is 0.316. The molecule has 0 aliphatic carbocycles. The lowest BCUT2D eigenvalue weighted by Gasteiger charge is -2.12. The van der Waals surface area contributed by atoms with Gasteiger partial charge < -0.3 is 14.8 Å². The minimum atomic E-state index is -0.383. The van der Waals surface area contributed by atoms with Crippen molar-refractivity contribution in [1.82, 2.24) is 4.98 Å². The fourth-order valence-electron chi connectivity index (χ4n) is 2.50. The van der Waals surface area contributed by atoms with Crippen molar-refractivity contribution in [2.24, 2.45) is 0 Å². The lowest BCUT2D eigenvalue weighted by atomic mass is 10.2. The number of amides is 1. The van der Waals surface area contributed by atoms with Gasteiger partial charge in [-0.1, -0.05) is 0 Å². The van der Waals surface area contributed by atoms with Crippen LogP contribution in [0.5, 0.6) is 5.88 Å². The highest BCUT2D eigenvalue weighted by molar-refractivity contribution is 7.99. The molecule has 1 aliphatic heterocycles. The van der Waals surface area contributed by atoms with Crippen LogP contribution in [0.4, 0.5) is 5.69 Å². The Morgan fingerprint density at radius 3 is 2.73 bits per heavy atom. The monoisotopic (exact) mass is 372 g/mol. The van der Waals surface area contributed by atoms with E-state index in [4.69, 9.17) is 9.47 Å². The second-order valence-corrected chi connectivity index (χ2v) is 6.89. The summed E-state index contributed by atoms with van der Waals surface area (Å²) in [5.41, 5.74) is 1.50. The molecule has 2 heterocycles. The van der Waals surface area contributed by atoms with E-state index in [0.29, 0.717) is 29.3 Å². The summed E-state index contributed by atoms with van der Waals surface area (Å²) in [6.07, 6.45) is 2.72. The lowest BCUT2D eigenvalue weighted by molar-refractivity contribution is 0.0526. The van der Waals surface area contributed by atoms with Crippen LogP contribution in [0.2, 0.25) is 0 Å². The van der Waals surface area contributed by atoms with Crippen LogP contribution >= 0.6 is 11.8 Å². The first kappa shape index (κ1) is 18.3. The number of benzene rings is 1. The molecule has 0 radical (unpaired) electrons. The second-order valence-electron chi connectivity index (χ2n) is 5.74. The topological polar surface area (TPSA) is 77.5 Å². The third-order valence-electron chi connectivity index (χ3n) is 3.83. The Labute approximate surface area is 156 Å². The summed E-state index contributed by atoms with van der Waals surface area (Å²) in [5, 5.41) is 2.80. The maximum atomic E-state index is 12.4. The Morgan fingerprint density at radius 1 is 1.23 bits per heavy atom. The average molecular weight is 372 g/mol. The number of carbonyl (C=O) groups is 2. The molecule has 3 rings (SSSR count). The average Bonchev–Trinajstić information content (AvgIpc) is 3.16. The van der Waals surface area contributed by atoms with Crippen molar-refractivity contribution in [3.63, 3.8) is 0 Å². The molecule has 0 unspecified atom stereocenters. The maximum Gasteiger partial charge on any atom is 0.338 e. The van der Waals surface area contributed by atoms with Crippen LogP contribution in [0.25, 0.3) is 0 Å². The smallest absolute Gasteiger partial charge is 0.338 e. The first-order valence-corrected chi connectivity index (χ1v) is 9.60. The van der Waals surface area contributed by atoms with Gasteiger partial charge in [-0.2, -0.15) is 11.8 Å². The van der Waals surface area contributed by atoms with Crippen LogP contribution in [0.1, 0.15) is 34.1 Å². The van der Waals surface area contributed by atoms with E-state index in [-0.39, 0.29) is 18.0 Å². The van der Waals surface area contributed by atoms with E-state index in [1.54, 1.807) is 49.5 Å². The number of aromatic nitrogens is 1. The van der Waals surface area contributed by atoms with Gasteiger partial charge in [-0.15, -0.1) is 0 Å². The minimum absolute atomic E-state index is 0.154. The third-order valence-corrected chi connectivity index (χ3v) is 4.96. The first-order valence-electron chi connectivity index (χ1n) is 8.44. The summed E-state index contributed by atoms with van der Waals surface area (Å²) in [6.45, 7) is 2.08. The van der Waals surface area contributed by atoms with Gasteiger partial charge in [0.25, 0.3) is 5.91 Å². The number of hydrogen-bond donors (Lipinski definition) is 1. The fourth-order valence-corrected chi connectivity index (χ4v) is 3.59. The van der Waals surface area contributed by atoms with E-state index in [1.807, 2.05) is 11.8 Å². The number of carbonyl (C=O) groups excluding carboxylic acids is 2. The molecule has 1 aromatic carbocycles. The molecule has 1 atom stereocenters. The standard InChI is InChI=1S/C19H20N2O4S/c1-2-24-19(23)13-3-5-15(6-4-13)21-18(22)14-7-9-20-17(11-14)25-16-8-10-26-12-16/h3-7,9,11,16H,2,8,10,12H2,1H3,(H,21,22)/t16-/m0/s1. The van der Waals surface area contributed by atoms with Crippen LogP contribution in [0.15, 0.2) is 42.6 Å². The van der Waals surface area contributed by atoms with Crippen LogP contribution in [-0.4, -0.2) is 41.1 Å². The third kappa shape index (κ3) is 4.76. The van der Waals surface area contributed by atoms with Gasteiger partial charge in [-0.25, -0.2) is 9.78 Å². The number of thioether (sulfide) groups is 1. The molecule has 1 saturated heterocycles. The summed E-state index contributed by atoms with van der Waals surface area (Å²) in [5.74, 6) is 1.86. The molecular weight excluding hydrogens is 352 g/mol. The van der Waals surface area contributed by atoms with Crippen LogP contribution < -0.4 is 10.1 Å². The van der Waals surface area contributed by atoms with Crippen LogP contribution in [0.3, 0.4) is 0 Å². The molecule has 7 heteroatoms. The van der Waals surface area contributed by atoms with Gasteiger partial charge in [0.15, 0.2) is 0 Å². The van der Waals surface area contributed by atoms with Gasteiger partial charge >= 0.3 is 5.97 Å². The highest BCUT2D eigenvalue weighted by Gasteiger charge is 2.18. The number of hydrogen-bond acceptors (Lipinski definition) is 6. The number of ether oxygens (including phenoxy) is 2. The van der Waals surface area contributed by atoms with Gasteiger partial charge in [0, 0.05) is 29.3 Å². The molecule has 1 amide bonds. The Morgan fingerprint density at radius 2 is 2.04 bits per heavy atom. The van der Waals surface area contributed by atoms with Crippen LogP contribution in [-0.2, 0) is 4.74 Å². The normalized spacial score (nSPS) is 16.1. The van der Waals surface area contributed by atoms with Crippen molar-refractivity contribution in [2.45, 2.75) is 19.4 Å². The summed E-state index contributed by atoms with van der Waals surface area (Å²) in [6, 6.07) is 9.85. The molecule has 6 nitrogen and oxygen atoms in total. The Bertz CT molecular complexity index is 773. The van der Waals surface area contributed by atoms with Gasteiger partial charge in [-0.3, -0.25) is 4.79 Å². The summed E-state index contributed by atoms with van der Waals surface area (Å²) in [7, 11) is 0. The van der Waals surface area contributed by atoms with Crippen molar-refractivity contribution in [1.29, 1.82) is 0 Å². The second kappa shape index (κ2) is 8.71. The summed E-state index contributed by atoms with van der Waals surface area (Å²) < 4.78 is 10.8. The quantitative estimate of drug-likeness (QED) is 0.783. The molecule has 0 bridgehead atoms. The number of nitrogens with one attached hydrogen (secondary N) is 1. The lowest BCUT2D eigenvalue weighted by Crippen LogP contribution is -2.17. The SMILES string of the molecule is CCOC(=O)c1ccc(NC(=O)c2ccnc(O[C@H]3CCSC3)c2)cc1. The van der Waals surface area contributed by atoms with Crippen molar-refractivity contribution in [3.05, 3.63) is 53.7 Å². The molecule has 0 spiro atoms. The van der Waals surface area contributed by atoms with E-state index in [0.717, 1.165) is 17.9 Å². The predicted molar refractivity (Wildman–Crippen MR) is 101 cm³/mol. The zero-order valence-electron chi connectivity index (χ0n) is 14.4. The van der Waals surface area contributed by atoms with E-state index >= 15 is 0 Å². The Balaban J connectivity index is 1.63. The molecule has 1 aromatic heterocycles. The number of rotatable bonds is 6. The van der Waals surface area contributed by atoms with E-state index in [1.165, 1.54) is 0 Å². The van der Waals surface area contributed by atoms with E-state index in [2.05, 4.69) is 10.3 Å². The van der Waals surface area contributed by atoms with Crippen molar-refractivity contribution < 1.29 is 19.1 Å². The van der Waals surface area contributed by atoms with Gasteiger partial charge in [0.2, 0.25) is 5.88 Å². The summed E-state index contributed by atoms with van der Waals surface area (Å²) in [4.78, 5) is 28.3. The highest BCUT2D eigenvalue weighted by Crippen LogP contribution is 2.22. The largest absolute Gasteiger partial charge is 0.473 e. The van der Waals surface area contributed by atoms with E-state index in [9.17, 15) is 9.59 Å². The molecule has 1 fully saturated rings. The molecule has 1 aliphatic rings. The molecule has 1 N–H and O–H groups in total. The molecule has 26 heavy (non-hydrogen) atoms. The molecule has 136 valence electrons. The van der Waals surface area contributed by atoms with Gasteiger partial charge in [0.05, 0.1) is 12.2 Å². The number of nitrogens with zero attached hydrogens (tertiary/aromatic N) is 1. The van der Waals surface area contributed by atoms with Crippen LogP contribution in [0, 0.1) is 0 Å². The zero-order valence-corrected chi connectivity index (χ0v) is 15.3. The number of pyridine rings is 1. The summed E-state index contributed by atoms with van der Waals surface area (Å²) >= 11 is 1.85. The highest BCUT2D eigenvalue weighted by atomic mass is 32.2. The first-order chi connectivity index (χ1) is 12.7. The molecular formula is C19H20N2O4S. The number of esters is 1. The van der Waals surface area contributed by atoms with Gasteiger partial charge in [0.1, 0.15) is 6.10 Å². The number of anilines is 1. The molecule has 0 saturated carbocycles. The van der Waals surface area contributed by atoms with Gasteiger partial charge in [-0.05, 0) is 49.4 Å². The zero-order chi connectivity index (χ0) is 18.4. The Hall–Kier alpha value is -2.54. The van der Waals surface area contributed by atoms with Crippen molar-refractivity contribution >= 4 is 29.3 Å². The van der Waals surface area contributed by atoms with Crippen molar-refractivity contribution in [3.8, 4) is 5.88 Å². The van der Waals surface area contributed by atoms with E-state index < -0.39 is 0 Å².